The molecule has 2 aliphatic carbocycles. The molecule has 3 aromatic rings. The molecular weight excluding hydrogens is 557 g/mol. The van der Waals surface area contributed by atoms with Gasteiger partial charge in [0.25, 0.3) is 11.5 Å². The molecule has 1 unspecified atom stereocenters. The summed E-state index contributed by atoms with van der Waals surface area (Å²) in [5.41, 5.74) is 2.07. The Hall–Kier alpha value is -4.07. The second-order valence-corrected chi connectivity index (χ2v) is 12.1. The van der Waals surface area contributed by atoms with E-state index in [2.05, 4.69) is 15.5 Å². The van der Waals surface area contributed by atoms with Gasteiger partial charge in [-0.2, -0.15) is 14.6 Å². The van der Waals surface area contributed by atoms with E-state index >= 15 is 0 Å². The number of fused-ring (bicyclic) bond motifs is 1. The summed E-state index contributed by atoms with van der Waals surface area (Å²) in [6, 6.07) is -0.0422. The molecule has 1 spiro atoms. The largest absolute Gasteiger partial charge is 0.377 e. The Bertz CT molecular complexity index is 1680. The number of carbonyl (C=O) groups excluding carboxylic acids is 2. The molecule has 2 saturated carbocycles. The molecule has 43 heavy (non-hydrogen) atoms. The van der Waals surface area contributed by atoms with Crippen molar-refractivity contribution in [3.63, 3.8) is 0 Å². The third kappa shape index (κ3) is 4.90. The summed E-state index contributed by atoms with van der Waals surface area (Å²) in [6.07, 6.45) is 7.46. The van der Waals surface area contributed by atoms with Gasteiger partial charge < -0.3 is 24.4 Å². The highest BCUT2D eigenvalue weighted by Crippen LogP contribution is 2.62. The number of aromatic nitrogens is 6. The maximum absolute atomic E-state index is 14.1. The summed E-state index contributed by atoms with van der Waals surface area (Å²) in [7, 11) is 1.77. The number of carbonyl (C=O) groups is 2. The highest BCUT2D eigenvalue weighted by atomic mass is 19.1. The maximum atomic E-state index is 14.1. The van der Waals surface area contributed by atoms with Gasteiger partial charge >= 0.3 is 0 Å². The molecule has 1 atom stereocenters. The van der Waals surface area contributed by atoms with E-state index in [-0.39, 0.29) is 35.4 Å². The van der Waals surface area contributed by atoms with E-state index in [9.17, 15) is 18.8 Å². The molecule has 13 nitrogen and oxygen atoms in total. The first-order valence-electron chi connectivity index (χ1n) is 15.0. The molecule has 7 rings (SSSR count). The zero-order chi connectivity index (χ0) is 29.9. The van der Waals surface area contributed by atoms with Gasteiger partial charge in [0.1, 0.15) is 18.4 Å². The van der Waals surface area contributed by atoms with Crippen molar-refractivity contribution in [3.05, 3.63) is 45.9 Å². The Morgan fingerprint density at radius 2 is 1.95 bits per heavy atom. The van der Waals surface area contributed by atoms with Crippen molar-refractivity contribution in [1.82, 2.24) is 39.2 Å². The van der Waals surface area contributed by atoms with Gasteiger partial charge in [0.15, 0.2) is 5.82 Å². The quantitative estimate of drug-likeness (QED) is 0.429. The number of piperazine rings is 1. The lowest BCUT2D eigenvalue weighted by atomic mass is 9.76. The van der Waals surface area contributed by atoms with Crippen LogP contribution in [0.3, 0.4) is 0 Å². The van der Waals surface area contributed by atoms with E-state index < -0.39 is 6.17 Å². The molecule has 0 radical (unpaired) electrons. The molecule has 1 N–H and O–H groups in total. The minimum absolute atomic E-state index is 0.0394. The number of ether oxygens (including phenoxy) is 1. The van der Waals surface area contributed by atoms with Gasteiger partial charge in [-0.05, 0) is 37.7 Å². The molecule has 0 bridgehead atoms. The Labute approximate surface area is 247 Å². The van der Waals surface area contributed by atoms with E-state index in [4.69, 9.17) is 9.72 Å². The predicted molar refractivity (Wildman–Crippen MR) is 154 cm³/mol. The molecule has 14 heteroatoms. The number of anilines is 1. The molecule has 5 heterocycles. The van der Waals surface area contributed by atoms with Gasteiger partial charge in [-0.1, -0.05) is 13.0 Å². The third-order valence-electron chi connectivity index (χ3n) is 9.31. The van der Waals surface area contributed by atoms with E-state index in [0.717, 1.165) is 5.57 Å². The van der Waals surface area contributed by atoms with Crippen LogP contribution in [0.4, 0.5) is 10.1 Å². The lowest BCUT2D eigenvalue weighted by Crippen LogP contribution is -2.51. The number of hydrogen-bond acceptors (Lipinski definition) is 8. The van der Waals surface area contributed by atoms with Crippen LogP contribution in [0.25, 0.3) is 11.4 Å². The van der Waals surface area contributed by atoms with Crippen LogP contribution in [-0.2, 0) is 29.5 Å². The molecule has 4 aliphatic rings. The normalized spacial score (nSPS) is 25.1. The third-order valence-corrected chi connectivity index (χ3v) is 9.31. The fourth-order valence-electron chi connectivity index (χ4n) is 6.80. The molecule has 1 saturated heterocycles. The molecule has 228 valence electrons. The number of hydrogen-bond donors (Lipinski definition) is 1. The minimum atomic E-state index is -0.748. The van der Waals surface area contributed by atoms with Crippen molar-refractivity contribution in [3.8, 4) is 0 Å². The number of rotatable bonds is 7. The first-order valence-corrected chi connectivity index (χ1v) is 15.0. The summed E-state index contributed by atoms with van der Waals surface area (Å²) in [5, 5.41) is 11.8. The van der Waals surface area contributed by atoms with Crippen LogP contribution in [0.15, 0.2) is 23.3 Å². The molecule has 0 aromatic carbocycles. The molecule has 3 aromatic heterocycles. The van der Waals surface area contributed by atoms with Crippen LogP contribution in [0.2, 0.25) is 0 Å². The van der Waals surface area contributed by atoms with Gasteiger partial charge in [0.2, 0.25) is 11.7 Å². The fraction of sp³-hybridized carbons (Fsp3) is 0.586. The average molecular weight is 594 g/mol. The number of amides is 2. The highest BCUT2D eigenvalue weighted by Gasteiger charge is 2.62. The van der Waals surface area contributed by atoms with E-state index in [0.29, 0.717) is 100 Å². The highest BCUT2D eigenvalue weighted by molar-refractivity contribution is 5.94. The second kappa shape index (κ2) is 10.6. The summed E-state index contributed by atoms with van der Waals surface area (Å²) >= 11 is 0. The van der Waals surface area contributed by atoms with Gasteiger partial charge in [0, 0.05) is 50.9 Å². The van der Waals surface area contributed by atoms with Crippen molar-refractivity contribution in [2.45, 2.75) is 57.8 Å². The van der Waals surface area contributed by atoms with Crippen molar-refractivity contribution >= 4 is 28.9 Å². The predicted octanol–water partition coefficient (Wildman–Crippen LogP) is 0.960. The van der Waals surface area contributed by atoms with E-state index in [1.807, 2.05) is 17.9 Å². The molecule has 2 amide bonds. The van der Waals surface area contributed by atoms with Crippen LogP contribution in [0.5, 0.6) is 0 Å². The number of nitrogens with one attached hydrogen (secondary N) is 1. The zero-order valence-electron chi connectivity index (χ0n) is 24.5. The van der Waals surface area contributed by atoms with Gasteiger partial charge in [-0.15, -0.1) is 5.10 Å². The number of aryl methyl sites for hydroxylation is 1. The summed E-state index contributed by atoms with van der Waals surface area (Å²) in [5.74, 6) is 0.458. The van der Waals surface area contributed by atoms with Crippen molar-refractivity contribution in [1.29, 1.82) is 0 Å². The van der Waals surface area contributed by atoms with Crippen LogP contribution in [-0.4, -0.2) is 97.3 Å². The van der Waals surface area contributed by atoms with E-state index in [1.165, 1.54) is 4.52 Å². The van der Waals surface area contributed by atoms with Gasteiger partial charge in [-0.3, -0.25) is 19.1 Å². The SMILES string of the molecule is CCc1c(N2CCN(C(=O)c3cnn(C)c3)CC2)c(=O)n2nc(C3=CCOCC3)nc2n1CC(=O)NC1CC2(C1)CC2F. The van der Waals surface area contributed by atoms with Crippen LogP contribution in [0.1, 0.15) is 54.5 Å². The van der Waals surface area contributed by atoms with Crippen LogP contribution < -0.4 is 15.8 Å². The lowest BCUT2D eigenvalue weighted by Gasteiger charge is -2.37. The topological polar surface area (TPSA) is 132 Å². The van der Waals surface area contributed by atoms with Crippen LogP contribution >= 0.6 is 0 Å². The summed E-state index contributed by atoms with van der Waals surface area (Å²) in [6.45, 7) is 4.68. The Morgan fingerprint density at radius 3 is 2.58 bits per heavy atom. The number of alkyl halides is 1. The smallest absolute Gasteiger partial charge is 0.299 e. The molecule has 3 fully saturated rings. The standard InChI is InChI=1S/C29H36FN9O4/c1-3-21-24(36-6-8-37(9-7-36)26(41)19-15-31-35(2)16-19)27(42)39-28(33-25(34-39)18-4-10-43-11-5-18)38(21)17-23(40)32-20-12-29(13-20)14-22(29)30/h4,15-16,20,22H,3,5-14,17H2,1-2H3,(H,32,40). The first-order chi connectivity index (χ1) is 20.8. The lowest BCUT2D eigenvalue weighted by molar-refractivity contribution is -0.123. The van der Waals surface area contributed by atoms with E-state index in [1.54, 1.807) is 33.6 Å². The Kier molecular flexibility index (Phi) is 6.83. The zero-order valence-corrected chi connectivity index (χ0v) is 24.5. The Balaban J connectivity index is 1.20. The van der Waals surface area contributed by atoms with Crippen molar-refractivity contribution < 1.29 is 18.7 Å². The fourth-order valence-corrected chi connectivity index (χ4v) is 6.80. The van der Waals surface area contributed by atoms with Gasteiger partial charge in [-0.25, -0.2) is 4.39 Å². The molecule has 2 aliphatic heterocycles. The average Bonchev–Trinajstić information content (AvgIpc) is 3.30. The minimum Gasteiger partial charge on any atom is -0.377 e. The van der Waals surface area contributed by atoms with Crippen LogP contribution in [0, 0.1) is 5.41 Å². The molecular formula is C29H36FN9O4. The van der Waals surface area contributed by atoms with Gasteiger partial charge in [0.05, 0.1) is 30.7 Å². The number of nitrogens with zero attached hydrogens (tertiary/aromatic N) is 8. The summed E-state index contributed by atoms with van der Waals surface area (Å²) in [4.78, 5) is 48.9. The maximum Gasteiger partial charge on any atom is 0.299 e. The van der Waals surface area contributed by atoms with Crippen molar-refractivity contribution in [2.24, 2.45) is 12.5 Å². The summed E-state index contributed by atoms with van der Waals surface area (Å²) < 4.78 is 23.8. The Morgan fingerprint density at radius 1 is 1.19 bits per heavy atom. The second-order valence-electron chi connectivity index (χ2n) is 12.1. The first kappa shape index (κ1) is 27.7. The monoisotopic (exact) mass is 593 g/mol. The number of halogens is 1. The van der Waals surface area contributed by atoms with Crippen molar-refractivity contribution in [2.75, 3.05) is 44.3 Å².